The molecule has 1 rings (SSSR count). The Morgan fingerprint density at radius 2 is 1.79 bits per heavy atom. The van der Waals surface area contributed by atoms with Crippen molar-refractivity contribution >= 4 is 12.4 Å². The fraction of sp³-hybridized carbons (Fsp3) is 0.333. The van der Waals surface area contributed by atoms with Gasteiger partial charge in [-0.1, -0.05) is 18.2 Å². The van der Waals surface area contributed by atoms with Crippen LogP contribution in [0.2, 0.25) is 0 Å². The maximum Gasteiger partial charge on any atom is 0.277 e. The number of benzene rings is 1. The van der Waals surface area contributed by atoms with Crippen molar-refractivity contribution in [3.05, 3.63) is 35.6 Å². The van der Waals surface area contributed by atoms with Gasteiger partial charge in [0, 0.05) is 6.42 Å². The molecule has 14 heavy (non-hydrogen) atoms. The number of alkyl halides is 2. The molecule has 0 heterocycles. The van der Waals surface area contributed by atoms with E-state index in [1.807, 2.05) is 0 Å². The molecule has 0 bridgehead atoms. The van der Waals surface area contributed by atoms with E-state index in [9.17, 15) is 13.2 Å². The van der Waals surface area contributed by atoms with Gasteiger partial charge < -0.3 is 5.73 Å². The van der Waals surface area contributed by atoms with Crippen molar-refractivity contribution in [2.45, 2.75) is 12.3 Å². The molecule has 0 aliphatic carbocycles. The van der Waals surface area contributed by atoms with Crippen LogP contribution in [0.1, 0.15) is 12.0 Å². The minimum Gasteiger partial charge on any atom is -0.330 e. The largest absolute Gasteiger partial charge is 0.330 e. The predicted molar refractivity (Wildman–Crippen MR) is 51.2 cm³/mol. The van der Waals surface area contributed by atoms with Crippen LogP contribution in [0, 0.1) is 5.82 Å². The van der Waals surface area contributed by atoms with Crippen molar-refractivity contribution in [2.75, 3.05) is 6.54 Å². The van der Waals surface area contributed by atoms with E-state index in [1.165, 1.54) is 12.1 Å². The van der Waals surface area contributed by atoms with Gasteiger partial charge in [0.15, 0.2) is 0 Å². The summed E-state index contributed by atoms with van der Waals surface area (Å²) in [4.78, 5) is 0. The third kappa shape index (κ3) is 2.89. The summed E-state index contributed by atoms with van der Waals surface area (Å²) < 4.78 is 39.1. The minimum absolute atomic E-state index is 0. The first-order chi connectivity index (χ1) is 6.08. The van der Waals surface area contributed by atoms with Crippen LogP contribution in [0.3, 0.4) is 0 Å². The van der Waals surface area contributed by atoms with E-state index >= 15 is 0 Å². The zero-order valence-electron chi connectivity index (χ0n) is 7.34. The van der Waals surface area contributed by atoms with Gasteiger partial charge in [-0.3, -0.25) is 0 Å². The Hall–Kier alpha value is -0.740. The number of nitrogens with two attached hydrogens (primary N) is 1. The summed E-state index contributed by atoms with van der Waals surface area (Å²) in [6.07, 6.45) is -0.534. The number of hydrogen-bond acceptors (Lipinski definition) is 1. The van der Waals surface area contributed by atoms with E-state index in [1.54, 1.807) is 0 Å². The zero-order valence-corrected chi connectivity index (χ0v) is 8.16. The highest BCUT2D eigenvalue weighted by Gasteiger charge is 2.32. The van der Waals surface area contributed by atoms with Crippen LogP contribution in [-0.4, -0.2) is 6.54 Å². The molecule has 5 heteroatoms. The first-order valence-electron chi connectivity index (χ1n) is 3.91. The second kappa shape index (κ2) is 5.22. The van der Waals surface area contributed by atoms with Crippen molar-refractivity contribution in [3.63, 3.8) is 0 Å². The first kappa shape index (κ1) is 13.3. The molecule has 0 aliphatic rings. The van der Waals surface area contributed by atoms with E-state index < -0.39 is 23.7 Å². The van der Waals surface area contributed by atoms with Gasteiger partial charge in [0.1, 0.15) is 5.82 Å². The molecule has 0 amide bonds. The van der Waals surface area contributed by atoms with Gasteiger partial charge in [-0.25, -0.2) is 13.2 Å². The maximum atomic E-state index is 13.1. The number of hydrogen-bond donors (Lipinski definition) is 1. The van der Waals surface area contributed by atoms with Gasteiger partial charge in [0.2, 0.25) is 0 Å². The third-order valence-corrected chi connectivity index (χ3v) is 1.73. The van der Waals surface area contributed by atoms with Crippen LogP contribution in [0.4, 0.5) is 13.2 Å². The lowest BCUT2D eigenvalue weighted by molar-refractivity contribution is -0.0141. The summed E-state index contributed by atoms with van der Waals surface area (Å²) in [6.45, 7) is -0.165. The van der Waals surface area contributed by atoms with Gasteiger partial charge >= 0.3 is 0 Å². The highest BCUT2D eigenvalue weighted by molar-refractivity contribution is 5.85. The molecule has 1 aromatic carbocycles. The zero-order chi connectivity index (χ0) is 9.90. The third-order valence-electron chi connectivity index (χ3n) is 1.73. The molecule has 1 aromatic rings. The molecule has 0 aliphatic heterocycles. The topological polar surface area (TPSA) is 26.0 Å². The lowest BCUT2D eigenvalue weighted by atomic mass is 10.1. The Morgan fingerprint density at radius 1 is 1.21 bits per heavy atom. The second-order valence-electron chi connectivity index (χ2n) is 2.72. The van der Waals surface area contributed by atoms with E-state index in [-0.39, 0.29) is 19.0 Å². The van der Waals surface area contributed by atoms with E-state index in [2.05, 4.69) is 0 Å². The van der Waals surface area contributed by atoms with Gasteiger partial charge in [-0.2, -0.15) is 0 Å². The highest BCUT2D eigenvalue weighted by Crippen LogP contribution is 2.32. The Labute approximate surface area is 86.5 Å². The van der Waals surface area contributed by atoms with E-state index in [0.29, 0.717) is 0 Å². The monoisotopic (exact) mass is 225 g/mol. The summed E-state index contributed by atoms with van der Waals surface area (Å²) in [5.41, 5.74) is 4.42. The summed E-state index contributed by atoms with van der Waals surface area (Å²) in [5, 5.41) is 0. The van der Waals surface area contributed by atoms with E-state index in [4.69, 9.17) is 5.73 Å². The van der Waals surface area contributed by atoms with Crippen molar-refractivity contribution in [3.8, 4) is 0 Å². The Balaban J connectivity index is 0.00000169. The van der Waals surface area contributed by atoms with Crippen LogP contribution in [0.5, 0.6) is 0 Å². The van der Waals surface area contributed by atoms with Crippen LogP contribution < -0.4 is 5.73 Å². The Bertz CT molecular complexity index is 291. The molecule has 0 saturated heterocycles. The fourth-order valence-electron chi connectivity index (χ4n) is 1.07. The molecule has 0 atom stereocenters. The Morgan fingerprint density at radius 3 is 2.29 bits per heavy atom. The van der Waals surface area contributed by atoms with Gasteiger partial charge in [0.05, 0.1) is 5.56 Å². The van der Waals surface area contributed by atoms with Crippen LogP contribution in [-0.2, 0) is 5.92 Å². The second-order valence-corrected chi connectivity index (χ2v) is 2.72. The van der Waals surface area contributed by atoms with Gasteiger partial charge in [-0.15, -0.1) is 12.4 Å². The molecule has 0 fully saturated rings. The van der Waals surface area contributed by atoms with Gasteiger partial charge in [-0.05, 0) is 12.6 Å². The van der Waals surface area contributed by atoms with E-state index in [0.717, 1.165) is 12.1 Å². The lowest BCUT2D eigenvalue weighted by Crippen LogP contribution is -2.19. The smallest absolute Gasteiger partial charge is 0.277 e. The standard InChI is InChI=1S/C9H10F3N.ClH/c10-8-4-2-1-3-7(8)9(11,12)5-6-13;/h1-4H,5-6,13H2;1H. The summed E-state index contributed by atoms with van der Waals surface area (Å²) in [5.74, 6) is -4.05. The first-order valence-corrected chi connectivity index (χ1v) is 3.91. The van der Waals surface area contributed by atoms with Crippen LogP contribution in [0.15, 0.2) is 24.3 Å². The summed E-state index contributed by atoms with van der Waals surface area (Å²) in [6, 6.07) is 4.84. The highest BCUT2D eigenvalue weighted by atomic mass is 35.5. The molecule has 2 N–H and O–H groups in total. The normalized spacial score (nSPS) is 10.9. The van der Waals surface area contributed by atoms with Crippen molar-refractivity contribution in [1.29, 1.82) is 0 Å². The SMILES string of the molecule is Cl.NCCC(F)(F)c1ccccc1F. The van der Waals surface area contributed by atoms with Crippen molar-refractivity contribution in [1.82, 2.24) is 0 Å². The summed E-state index contributed by atoms with van der Waals surface area (Å²) in [7, 11) is 0. The fourth-order valence-corrected chi connectivity index (χ4v) is 1.07. The molecule has 0 saturated carbocycles. The van der Waals surface area contributed by atoms with Crippen molar-refractivity contribution in [2.24, 2.45) is 5.73 Å². The van der Waals surface area contributed by atoms with Crippen LogP contribution >= 0.6 is 12.4 Å². The lowest BCUT2D eigenvalue weighted by Gasteiger charge is -2.15. The predicted octanol–water partition coefficient (Wildman–Crippen LogP) is 2.69. The Kier molecular flexibility index (Phi) is 4.94. The summed E-state index contributed by atoms with van der Waals surface area (Å²) >= 11 is 0. The van der Waals surface area contributed by atoms with Crippen molar-refractivity contribution < 1.29 is 13.2 Å². The molecule has 0 aromatic heterocycles. The van der Waals surface area contributed by atoms with Crippen LogP contribution in [0.25, 0.3) is 0 Å². The molecule has 0 spiro atoms. The average molecular weight is 226 g/mol. The molecule has 0 radical (unpaired) electrons. The molecule has 1 nitrogen and oxygen atoms in total. The molecular formula is C9H11ClF3N. The maximum absolute atomic E-state index is 13.1. The molecule has 80 valence electrons. The number of rotatable bonds is 3. The molecular weight excluding hydrogens is 215 g/mol. The minimum atomic E-state index is -3.17. The molecule has 0 unspecified atom stereocenters. The number of halogens is 4. The quantitative estimate of drug-likeness (QED) is 0.841. The average Bonchev–Trinajstić information content (AvgIpc) is 2.04. The van der Waals surface area contributed by atoms with Gasteiger partial charge in [0.25, 0.3) is 5.92 Å².